The number of azo groups is 4. The minimum atomic E-state index is -4.88. The number of Topliss-reactive ketones (excluding diaryl/α,β-unsaturated/α-hetero) is 2. The number of nitriles is 1. The predicted molar refractivity (Wildman–Crippen MR) is 207 cm³/mol. The number of carbonyl (C=O) groups is 4. The summed E-state index contributed by atoms with van der Waals surface area (Å²) in [7, 11) is -9.67. The molecular weight excluding hydrogens is 825 g/mol. The van der Waals surface area contributed by atoms with Gasteiger partial charge in [-0.25, -0.2) is 0 Å². The summed E-state index contributed by atoms with van der Waals surface area (Å²) >= 11 is 0. The lowest BCUT2D eigenvalue weighted by molar-refractivity contribution is -0.132. The van der Waals surface area contributed by atoms with Crippen molar-refractivity contribution >= 4 is 83.6 Å². The van der Waals surface area contributed by atoms with Gasteiger partial charge in [0, 0.05) is 17.7 Å². The highest BCUT2D eigenvalue weighted by atomic mass is 32.2. The van der Waals surface area contributed by atoms with E-state index in [1.807, 2.05) is 0 Å². The van der Waals surface area contributed by atoms with Crippen LogP contribution < -0.4 is 10.6 Å². The van der Waals surface area contributed by atoms with Crippen molar-refractivity contribution in [3.63, 3.8) is 0 Å². The van der Waals surface area contributed by atoms with Crippen LogP contribution in [0.2, 0.25) is 0 Å². The highest BCUT2D eigenvalue weighted by molar-refractivity contribution is 7.86. The molecule has 0 aliphatic carbocycles. The first-order valence-corrected chi connectivity index (χ1v) is 19.8. The number of piperidine rings is 2. The van der Waals surface area contributed by atoms with Gasteiger partial charge in [0.1, 0.15) is 21.3 Å². The number of allylic oxidation sites excluding steroid dienone is 1. The Bertz CT molecular complexity index is 2850. The van der Waals surface area contributed by atoms with Crippen molar-refractivity contribution in [1.82, 2.24) is 10.6 Å². The Labute approximate surface area is 338 Å². The lowest BCUT2D eigenvalue weighted by Gasteiger charge is -2.18. The van der Waals surface area contributed by atoms with E-state index in [-0.39, 0.29) is 58.4 Å². The van der Waals surface area contributed by atoms with E-state index in [1.165, 1.54) is 72.9 Å². The molecule has 4 N–H and O–H groups in total. The van der Waals surface area contributed by atoms with Crippen LogP contribution in [-0.4, -0.2) is 67.2 Å². The molecule has 2 aliphatic rings. The molecule has 6 rings (SSSR count). The first kappa shape index (κ1) is 41.9. The third-order valence-corrected chi connectivity index (χ3v) is 9.99. The molecule has 2 aliphatic heterocycles. The van der Waals surface area contributed by atoms with E-state index in [4.69, 9.17) is 5.26 Å². The second-order valence-electron chi connectivity index (χ2n) is 12.5. The number of hydrogen-bond acceptors (Lipinski definition) is 18. The Morgan fingerprint density at radius 1 is 0.600 bits per heavy atom. The molecular formula is C36H26N12O10S2. The van der Waals surface area contributed by atoms with Crippen LogP contribution in [0.3, 0.4) is 0 Å². The maximum Gasteiger partial charge on any atom is 0.296 e. The first-order valence-electron chi connectivity index (χ1n) is 16.9. The van der Waals surface area contributed by atoms with Crippen molar-refractivity contribution in [2.75, 3.05) is 0 Å². The molecule has 0 aromatic heterocycles. The zero-order valence-electron chi connectivity index (χ0n) is 30.3. The standard InChI is InChI=1S/C36H26N12O10S2/c1-19-14-28(49)33(35(51)39-19)48-46-27-13-11-25(16-31(27)60(56,57)58)45-41-21-4-2-20(3-5-21)26-12-10-24(15-30(26)59(53,54)55)44-42-22-6-8-23(9-7-22)43-47-34-29(50)17-32(38-18-37)40-36(34)52/h2-13,15-16,33-34H,1,14,17H2,(H,39,51)(H,38,40,52)(H,53,54,55)(H,56,57,58). The molecule has 2 atom stereocenters. The van der Waals surface area contributed by atoms with Gasteiger partial charge in [-0.3, -0.25) is 28.3 Å². The van der Waals surface area contributed by atoms with E-state index in [0.29, 0.717) is 11.3 Å². The van der Waals surface area contributed by atoms with E-state index in [1.54, 1.807) is 0 Å². The van der Waals surface area contributed by atoms with Gasteiger partial charge in [0.05, 0.1) is 34.9 Å². The molecule has 2 saturated heterocycles. The second kappa shape index (κ2) is 17.4. The average molecular weight is 851 g/mol. The molecule has 22 nitrogen and oxygen atoms in total. The maximum absolute atomic E-state index is 12.4. The molecule has 4 aromatic rings. The number of hydrogen-bond donors (Lipinski definition) is 4. The Hall–Kier alpha value is -7.72. The predicted octanol–water partition coefficient (Wildman–Crippen LogP) is 6.15. The average Bonchev–Trinajstić information content (AvgIpc) is 3.19. The van der Waals surface area contributed by atoms with Crippen LogP contribution in [-0.2, 0) is 39.4 Å². The van der Waals surface area contributed by atoms with Crippen LogP contribution in [0.4, 0.5) is 34.1 Å². The molecule has 0 saturated carbocycles. The quantitative estimate of drug-likeness (QED) is 0.0573. The summed E-state index contributed by atoms with van der Waals surface area (Å²) in [5.41, 5.74) is 1.10. The van der Waals surface area contributed by atoms with Gasteiger partial charge in [0.15, 0.2) is 11.6 Å². The fourth-order valence-electron chi connectivity index (χ4n) is 5.41. The van der Waals surface area contributed by atoms with E-state index >= 15 is 0 Å². The highest BCUT2D eigenvalue weighted by Gasteiger charge is 2.34. The molecule has 2 unspecified atom stereocenters. The molecule has 24 heteroatoms. The third-order valence-electron chi connectivity index (χ3n) is 8.21. The van der Waals surface area contributed by atoms with Gasteiger partial charge >= 0.3 is 0 Å². The summed E-state index contributed by atoms with van der Waals surface area (Å²) in [4.78, 5) is 50.8. The van der Waals surface area contributed by atoms with E-state index in [2.05, 4.69) is 63.1 Å². The number of aliphatic imine (C=N–C) groups is 1. The highest BCUT2D eigenvalue weighted by Crippen LogP contribution is 2.34. The number of benzene rings is 4. The van der Waals surface area contributed by atoms with E-state index in [0.717, 1.165) is 18.2 Å². The molecule has 2 amide bonds. The largest absolute Gasteiger partial charge is 0.328 e. The number of ketones is 2. The van der Waals surface area contributed by atoms with Crippen molar-refractivity contribution in [3.05, 3.63) is 97.2 Å². The Balaban J connectivity index is 1.14. The molecule has 0 bridgehead atoms. The van der Waals surface area contributed by atoms with Crippen LogP contribution in [0.25, 0.3) is 11.1 Å². The number of nitrogens with one attached hydrogen (secondary N) is 2. The molecule has 2 heterocycles. The Morgan fingerprint density at radius 3 is 1.62 bits per heavy atom. The Morgan fingerprint density at radius 2 is 1.07 bits per heavy atom. The summed E-state index contributed by atoms with van der Waals surface area (Å²) in [6.07, 6.45) is 1.04. The van der Waals surface area contributed by atoms with Gasteiger partial charge in [0.2, 0.25) is 18.3 Å². The normalized spacial score (nSPS) is 18.5. The molecule has 4 aromatic carbocycles. The fourth-order valence-corrected chi connectivity index (χ4v) is 6.79. The SMILES string of the molecule is C=C1CC(=O)C(N=Nc2ccc(N=Nc3ccc(-c4ccc(N=Nc5ccc(N=NC6C(=O)CC(=NC#N)NC6=O)cc5)cc4S(=O)(=O)O)cc3)cc2S(=O)(=O)O)C(=O)N1. The zero-order valence-corrected chi connectivity index (χ0v) is 31.9. The summed E-state index contributed by atoms with van der Waals surface area (Å²) in [5, 5.41) is 44.5. The summed E-state index contributed by atoms with van der Waals surface area (Å²) in [6, 6.07) is 16.2. The zero-order chi connectivity index (χ0) is 43.2. The Kier molecular flexibility index (Phi) is 12.2. The topological polar surface area (TPSA) is 336 Å². The monoisotopic (exact) mass is 850 g/mol. The summed E-state index contributed by atoms with van der Waals surface area (Å²) in [5.74, 6) is -2.82. The number of rotatable bonds is 11. The molecule has 0 radical (unpaired) electrons. The number of nitrogens with zero attached hydrogens (tertiary/aromatic N) is 10. The number of amides is 2. The number of carbonyl (C=O) groups excluding carboxylic acids is 4. The molecule has 60 heavy (non-hydrogen) atoms. The lowest BCUT2D eigenvalue weighted by Crippen LogP contribution is -2.48. The van der Waals surface area contributed by atoms with Crippen LogP contribution in [0.5, 0.6) is 0 Å². The summed E-state index contributed by atoms with van der Waals surface area (Å²) in [6.45, 7) is 3.51. The molecule has 0 spiro atoms. The van der Waals surface area contributed by atoms with Crippen molar-refractivity contribution < 1.29 is 45.1 Å². The molecule has 302 valence electrons. The minimum absolute atomic E-state index is 0.0417. The smallest absolute Gasteiger partial charge is 0.296 e. The maximum atomic E-state index is 12.4. The minimum Gasteiger partial charge on any atom is -0.328 e. The van der Waals surface area contributed by atoms with Gasteiger partial charge in [-0.1, -0.05) is 24.8 Å². The van der Waals surface area contributed by atoms with Gasteiger partial charge < -0.3 is 10.6 Å². The van der Waals surface area contributed by atoms with Gasteiger partial charge in [0.25, 0.3) is 32.1 Å². The first-order chi connectivity index (χ1) is 28.5. The summed E-state index contributed by atoms with van der Waals surface area (Å²) < 4.78 is 68.9. The molecule has 2 fully saturated rings. The van der Waals surface area contributed by atoms with Crippen molar-refractivity contribution in [2.24, 2.45) is 45.9 Å². The van der Waals surface area contributed by atoms with Crippen molar-refractivity contribution in [1.29, 1.82) is 5.26 Å². The van der Waals surface area contributed by atoms with Gasteiger partial charge in [-0.05, 0) is 72.3 Å². The van der Waals surface area contributed by atoms with Crippen LogP contribution in [0.15, 0.2) is 153 Å². The van der Waals surface area contributed by atoms with E-state index < -0.39 is 65.5 Å². The van der Waals surface area contributed by atoms with Crippen molar-refractivity contribution in [2.45, 2.75) is 34.7 Å². The van der Waals surface area contributed by atoms with Crippen LogP contribution in [0, 0.1) is 11.5 Å². The van der Waals surface area contributed by atoms with Gasteiger partial charge in [-0.15, -0.1) is 0 Å². The van der Waals surface area contributed by atoms with Gasteiger partial charge in [-0.2, -0.15) is 68.0 Å². The number of amidine groups is 1. The second-order valence-corrected chi connectivity index (χ2v) is 15.3. The fraction of sp³-hybridized carbons (Fsp3) is 0.111. The third kappa shape index (κ3) is 10.2. The van der Waals surface area contributed by atoms with Crippen LogP contribution >= 0.6 is 0 Å². The van der Waals surface area contributed by atoms with E-state index in [9.17, 15) is 45.1 Å². The van der Waals surface area contributed by atoms with Crippen molar-refractivity contribution in [3.8, 4) is 17.3 Å². The van der Waals surface area contributed by atoms with Crippen LogP contribution in [0.1, 0.15) is 12.8 Å². The lowest BCUT2D eigenvalue weighted by atomic mass is 10.0.